The highest BCUT2D eigenvalue weighted by molar-refractivity contribution is 6.10. The molecule has 0 unspecified atom stereocenters. The van der Waals surface area contributed by atoms with E-state index in [9.17, 15) is 0 Å². The van der Waals surface area contributed by atoms with Crippen LogP contribution in [0.4, 0.5) is 11.5 Å². The van der Waals surface area contributed by atoms with Gasteiger partial charge in [0, 0.05) is 49.2 Å². The largest absolute Gasteiger partial charge is 0.492 e. The number of anilines is 2. The molecular formula is C28H26N6O2. The first-order chi connectivity index (χ1) is 17.6. The fourth-order valence-corrected chi connectivity index (χ4v) is 4.96. The van der Waals surface area contributed by atoms with Crippen molar-refractivity contribution in [3.63, 3.8) is 0 Å². The molecule has 0 saturated carbocycles. The van der Waals surface area contributed by atoms with E-state index in [0.29, 0.717) is 23.9 Å². The zero-order chi connectivity index (χ0) is 24.8. The van der Waals surface area contributed by atoms with Crippen molar-refractivity contribution < 1.29 is 9.47 Å². The first kappa shape index (κ1) is 21.9. The van der Waals surface area contributed by atoms with Crippen molar-refractivity contribution in [2.75, 3.05) is 24.8 Å². The highest BCUT2D eigenvalue weighted by atomic mass is 16.5. The Kier molecular flexibility index (Phi) is 5.21. The van der Waals surface area contributed by atoms with Crippen molar-refractivity contribution in [3.05, 3.63) is 72.2 Å². The molecule has 1 aliphatic heterocycles. The number of aryl methyl sites for hydroxylation is 2. The predicted molar refractivity (Wildman–Crippen MR) is 142 cm³/mol. The molecule has 0 saturated heterocycles. The van der Waals surface area contributed by atoms with E-state index in [0.717, 1.165) is 56.2 Å². The van der Waals surface area contributed by atoms with Crippen LogP contribution in [0, 0.1) is 6.92 Å². The van der Waals surface area contributed by atoms with Crippen LogP contribution >= 0.6 is 0 Å². The van der Waals surface area contributed by atoms with Crippen LogP contribution in [-0.2, 0) is 13.6 Å². The van der Waals surface area contributed by atoms with E-state index in [1.807, 2.05) is 45.3 Å². The number of rotatable bonds is 5. The fourth-order valence-electron chi connectivity index (χ4n) is 4.96. The van der Waals surface area contributed by atoms with E-state index in [1.165, 1.54) is 0 Å². The summed E-state index contributed by atoms with van der Waals surface area (Å²) in [5.74, 6) is 2.60. The summed E-state index contributed by atoms with van der Waals surface area (Å²) >= 11 is 0. The van der Waals surface area contributed by atoms with Crippen molar-refractivity contribution in [3.8, 4) is 39.8 Å². The van der Waals surface area contributed by atoms with E-state index in [2.05, 4.69) is 60.5 Å². The minimum atomic E-state index is 0.524. The van der Waals surface area contributed by atoms with E-state index in [1.54, 1.807) is 13.4 Å². The number of methoxy groups -OCH3 is 1. The average molecular weight is 479 g/mol. The number of benzene rings is 2. The van der Waals surface area contributed by atoms with Crippen LogP contribution in [0.5, 0.6) is 17.4 Å². The third-order valence-electron chi connectivity index (χ3n) is 6.62. The zero-order valence-corrected chi connectivity index (χ0v) is 20.6. The molecule has 36 heavy (non-hydrogen) atoms. The topological polar surface area (TPSA) is 86.1 Å². The average Bonchev–Trinajstić information content (AvgIpc) is 3.09. The van der Waals surface area contributed by atoms with Crippen molar-refractivity contribution in [2.24, 2.45) is 7.05 Å². The Labute approximate surface area is 209 Å². The van der Waals surface area contributed by atoms with E-state index in [4.69, 9.17) is 9.47 Å². The number of ether oxygens (including phenoxy) is 2. The van der Waals surface area contributed by atoms with Crippen LogP contribution in [-0.4, -0.2) is 33.7 Å². The predicted octanol–water partition coefficient (Wildman–Crippen LogP) is 5.77. The third kappa shape index (κ3) is 3.41. The number of pyridine rings is 1. The Bertz CT molecular complexity index is 1610. The van der Waals surface area contributed by atoms with Gasteiger partial charge in [-0.05, 0) is 48.4 Å². The van der Waals surface area contributed by atoms with Crippen LogP contribution in [0.15, 0.2) is 60.9 Å². The van der Waals surface area contributed by atoms with Gasteiger partial charge in [0.05, 0.1) is 18.2 Å². The van der Waals surface area contributed by atoms with Gasteiger partial charge >= 0.3 is 0 Å². The fraction of sp³-hybridized carbons (Fsp3) is 0.179. The van der Waals surface area contributed by atoms with Gasteiger partial charge in [0.2, 0.25) is 5.88 Å². The summed E-state index contributed by atoms with van der Waals surface area (Å²) in [6, 6.07) is 18.2. The molecule has 0 radical (unpaired) electrons. The van der Waals surface area contributed by atoms with E-state index < -0.39 is 0 Å². The molecule has 180 valence electrons. The van der Waals surface area contributed by atoms with E-state index >= 15 is 0 Å². The molecule has 6 rings (SSSR count). The number of hydrogen-bond acceptors (Lipinski definition) is 7. The quantitative estimate of drug-likeness (QED) is 0.331. The molecule has 4 heterocycles. The Hall–Kier alpha value is -4.59. The maximum Gasteiger partial charge on any atom is 0.219 e. The first-order valence-electron chi connectivity index (χ1n) is 11.8. The minimum Gasteiger partial charge on any atom is -0.492 e. The molecule has 8 heteroatoms. The summed E-state index contributed by atoms with van der Waals surface area (Å²) in [5.41, 5.74) is 8.07. The number of nitrogens with one attached hydrogen (secondary N) is 2. The first-order valence-corrected chi connectivity index (χ1v) is 11.8. The van der Waals surface area contributed by atoms with Crippen LogP contribution in [0.3, 0.4) is 0 Å². The summed E-state index contributed by atoms with van der Waals surface area (Å²) in [4.78, 5) is 13.7. The molecule has 5 aromatic rings. The lowest BCUT2D eigenvalue weighted by molar-refractivity contribution is 0.370. The monoisotopic (exact) mass is 478 g/mol. The second-order valence-electron chi connectivity index (χ2n) is 8.73. The molecule has 0 spiro atoms. The molecule has 2 aromatic carbocycles. The SMILES string of the molecule is CNc1ccc(-c2c3c4c(ncnc4n2C)NCc2c-3ccc(Oc3cccc(C)n3)c2OC)cc1. The smallest absolute Gasteiger partial charge is 0.219 e. The Balaban J connectivity index is 1.59. The van der Waals surface area contributed by atoms with Crippen LogP contribution in [0.1, 0.15) is 11.3 Å². The van der Waals surface area contributed by atoms with Crippen molar-refractivity contribution in [1.29, 1.82) is 0 Å². The van der Waals surface area contributed by atoms with Gasteiger partial charge in [-0.1, -0.05) is 18.2 Å². The number of hydrogen-bond donors (Lipinski definition) is 2. The van der Waals surface area contributed by atoms with Gasteiger partial charge in [0.15, 0.2) is 11.5 Å². The second kappa shape index (κ2) is 8.57. The normalized spacial score (nSPS) is 12.0. The Morgan fingerprint density at radius 3 is 2.61 bits per heavy atom. The minimum absolute atomic E-state index is 0.524. The zero-order valence-electron chi connectivity index (χ0n) is 20.6. The third-order valence-corrected chi connectivity index (χ3v) is 6.62. The van der Waals surface area contributed by atoms with Gasteiger partial charge in [-0.25, -0.2) is 15.0 Å². The molecular weight excluding hydrogens is 452 g/mol. The van der Waals surface area contributed by atoms with Crippen molar-refractivity contribution in [1.82, 2.24) is 19.5 Å². The standard InChI is InChI=1S/C28H26N6O2/c1-16-6-5-7-22(33-16)36-21-13-12-19-20(26(21)35-4)14-30-27-24-23(19)25(34(3)28(24)32-15-31-27)17-8-10-18(29-2)11-9-17/h5-13,15,29H,14H2,1-4H3,(H,30,31,32). The van der Waals surface area contributed by atoms with Crippen LogP contribution in [0.2, 0.25) is 0 Å². The van der Waals surface area contributed by atoms with Crippen LogP contribution < -0.4 is 20.1 Å². The molecule has 0 atom stereocenters. The van der Waals surface area contributed by atoms with Crippen LogP contribution in [0.25, 0.3) is 33.4 Å². The summed E-state index contributed by atoms with van der Waals surface area (Å²) in [6.07, 6.45) is 1.60. The summed E-state index contributed by atoms with van der Waals surface area (Å²) < 4.78 is 14.2. The molecule has 0 bridgehead atoms. The van der Waals surface area contributed by atoms with Crippen molar-refractivity contribution in [2.45, 2.75) is 13.5 Å². The second-order valence-corrected chi connectivity index (χ2v) is 8.73. The van der Waals surface area contributed by atoms with Gasteiger partial charge < -0.3 is 24.7 Å². The van der Waals surface area contributed by atoms with Gasteiger partial charge in [-0.3, -0.25) is 0 Å². The lowest BCUT2D eigenvalue weighted by Crippen LogP contribution is -2.05. The summed E-state index contributed by atoms with van der Waals surface area (Å²) in [5, 5.41) is 7.68. The molecule has 0 amide bonds. The summed E-state index contributed by atoms with van der Waals surface area (Å²) in [7, 11) is 5.63. The highest BCUT2D eigenvalue weighted by Crippen LogP contribution is 2.49. The van der Waals surface area contributed by atoms with E-state index in [-0.39, 0.29) is 0 Å². The number of nitrogens with zero attached hydrogens (tertiary/aromatic N) is 4. The molecule has 0 aliphatic carbocycles. The maximum atomic E-state index is 6.18. The Morgan fingerprint density at radius 1 is 1.03 bits per heavy atom. The van der Waals surface area contributed by atoms with Gasteiger partial charge in [-0.2, -0.15) is 0 Å². The maximum absolute atomic E-state index is 6.18. The van der Waals surface area contributed by atoms with Gasteiger partial charge in [0.25, 0.3) is 0 Å². The van der Waals surface area contributed by atoms with Gasteiger partial charge in [-0.15, -0.1) is 0 Å². The van der Waals surface area contributed by atoms with Gasteiger partial charge in [0.1, 0.15) is 17.8 Å². The Morgan fingerprint density at radius 2 is 1.86 bits per heavy atom. The molecule has 8 nitrogen and oxygen atoms in total. The highest BCUT2D eigenvalue weighted by Gasteiger charge is 2.29. The lowest BCUT2D eigenvalue weighted by atomic mass is 9.94. The molecule has 3 aromatic heterocycles. The molecule has 0 fully saturated rings. The molecule has 2 N–H and O–H groups in total. The van der Waals surface area contributed by atoms with Crippen molar-refractivity contribution >= 4 is 22.5 Å². The number of aromatic nitrogens is 4. The summed E-state index contributed by atoms with van der Waals surface area (Å²) in [6.45, 7) is 2.47. The molecule has 1 aliphatic rings. The lowest BCUT2D eigenvalue weighted by Gasteiger charge is -2.18. The number of fused-ring (bicyclic) bond motifs is 2.